The predicted octanol–water partition coefficient (Wildman–Crippen LogP) is 1.42. The summed E-state index contributed by atoms with van der Waals surface area (Å²) in [4.78, 5) is 2.37. The second kappa shape index (κ2) is 8.51. The number of hydrogen-bond acceptors (Lipinski definition) is 4. The van der Waals surface area contributed by atoms with Gasteiger partial charge in [0.2, 0.25) is 0 Å². The van der Waals surface area contributed by atoms with Gasteiger partial charge in [-0.05, 0) is 19.3 Å². The van der Waals surface area contributed by atoms with Gasteiger partial charge in [-0.3, -0.25) is 4.90 Å². The van der Waals surface area contributed by atoms with Crippen molar-refractivity contribution in [2.75, 3.05) is 40.0 Å². The molecule has 1 saturated carbocycles. The second-order valence-electron chi connectivity index (χ2n) is 4.13. The highest BCUT2D eigenvalue weighted by atomic mass is 16.5. The van der Waals surface area contributed by atoms with E-state index in [2.05, 4.69) is 11.0 Å². The Kier molecular flexibility index (Phi) is 7.15. The van der Waals surface area contributed by atoms with E-state index in [1.807, 2.05) is 0 Å². The molecule has 0 aromatic heterocycles. The van der Waals surface area contributed by atoms with Crippen LogP contribution in [0.3, 0.4) is 0 Å². The molecule has 0 atom stereocenters. The third kappa shape index (κ3) is 6.06. The Morgan fingerprint density at radius 3 is 2.69 bits per heavy atom. The number of rotatable bonds is 10. The number of hydrogen-bond donors (Lipinski definition) is 0. The molecule has 1 rings (SSSR count). The molecule has 0 amide bonds. The van der Waals surface area contributed by atoms with Gasteiger partial charge in [-0.1, -0.05) is 0 Å². The zero-order valence-corrected chi connectivity index (χ0v) is 10.2. The molecule has 1 aliphatic rings. The maximum Gasteiger partial charge on any atom is 0.0635 e. The first-order valence-corrected chi connectivity index (χ1v) is 6.06. The molecule has 0 N–H and O–H groups in total. The molecule has 0 aromatic rings. The molecule has 4 nitrogen and oxygen atoms in total. The van der Waals surface area contributed by atoms with Gasteiger partial charge < -0.3 is 9.47 Å². The molecular formula is C12H22N2O2. The third-order valence-electron chi connectivity index (χ3n) is 2.73. The van der Waals surface area contributed by atoms with Crippen molar-refractivity contribution in [3.8, 4) is 6.07 Å². The summed E-state index contributed by atoms with van der Waals surface area (Å²) in [5.41, 5.74) is 0. The van der Waals surface area contributed by atoms with Crippen molar-refractivity contribution in [3.05, 3.63) is 0 Å². The van der Waals surface area contributed by atoms with Gasteiger partial charge in [0.05, 0.1) is 12.7 Å². The Bertz CT molecular complexity index is 212. The first-order chi connectivity index (χ1) is 7.88. The van der Waals surface area contributed by atoms with E-state index in [-0.39, 0.29) is 0 Å². The minimum Gasteiger partial charge on any atom is -0.385 e. The van der Waals surface area contributed by atoms with Crippen LogP contribution in [0, 0.1) is 11.3 Å². The molecule has 0 aromatic carbocycles. The van der Waals surface area contributed by atoms with Crippen molar-refractivity contribution in [1.29, 1.82) is 5.26 Å². The lowest BCUT2D eigenvalue weighted by Gasteiger charge is -2.20. The topological polar surface area (TPSA) is 45.5 Å². The largest absolute Gasteiger partial charge is 0.385 e. The fraction of sp³-hybridized carbons (Fsp3) is 0.917. The average Bonchev–Trinajstić information content (AvgIpc) is 3.11. The quantitative estimate of drug-likeness (QED) is 0.528. The van der Waals surface area contributed by atoms with Crippen LogP contribution in [0.4, 0.5) is 0 Å². The van der Waals surface area contributed by atoms with E-state index in [9.17, 15) is 0 Å². The minimum absolute atomic E-state index is 0.625. The molecule has 4 heteroatoms. The smallest absolute Gasteiger partial charge is 0.0635 e. The van der Waals surface area contributed by atoms with Crippen LogP contribution in [0.5, 0.6) is 0 Å². The summed E-state index contributed by atoms with van der Waals surface area (Å²) >= 11 is 0. The van der Waals surface area contributed by atoms with Gasteiger partial charge in [0.25, 0.3) is 0 Å². The van der Waals surface area contributed by atoms with Crippen LogP contribution in [0.2, 0.25) is 0 Å². The molecule has 0 bridgehead atoms. The van der Waals surface area contributed by atoms with Crippen LogP contribution in [-0.2, 0) is 9.47 Å². The van der Waals surface area contributed by atoms with Crippen molar-refractivity contribution in [1.82, 2.24) is 4.90 Å². The van der Waals surface area contributed by atoms with E-state index in [1.54, 1.807) is 7.11 Å². The standard InChI is InChI=1S/C12H22N2O2/c1-15-9-3-10-16-11-8-14(7-2-6-13)12-4-5-12/h12H,2-5,7-11H2,1H3. The molecule has 92 valence electrons. The Hall–Kier alpha value is -0.630. The fourth-order valence-corrected chi connectivity index (χ4v) is 1.70. The molecule has 0 saturated heterocycles. The molecule has 16 heavy (non-hydrogen) atoms. The van der Waals surface area contributed by atoms with E-state index in [0.29, 0.717) is 6.42 Å². The first kappa shape index (κ1) is 13.4. The molecule has 0 unspecified atom stereocenters. The van der Waals surface area contributed by atoms with Gasteiger partial charge in [0.1, 0.15) is 0 Å². The van der Waals surface area contributed by atoms with E-state index in [4.69, 9.17) is 14.7 Å². The molecule has 1 fully saturated rings. The highest BCUT2D eigenvalue weighted by Gasteiger charge is 2.27. The van der Waals surface area contributed by atoms with Crippen molar-refractivity contribution < 1.29 is 9.47 Å². The Labute approximate surface area is 98.1 Å². The molecule has 0 aliphatic heterocycles. The number of nitriles is 1. The Balaban J connectivity index is 1.97. The predicted molar refractivity (Wildman–Crippen MR) is 62.1 cm³/mol. The Morgan fingerprint density at radius 1 is 1.25 bits per heavy atom. The summed E-state index contributed by atoms with van der Waals surface area (Å²) in [5.74, 6) is 0. The van der Waals surface area contributed by atoms with E-state index in [1.165, 1.54) is 12.8 Å². The monoisotopic (exact) mass is 226 g/mol. The molecule has 1 aliphatic carbocycles. The van der Waals surface area contributed by atoms with Crippen LogP contribution in [-0.4, -0.2) is 51.0 Å². The summed E-state index contributed by atoms with van der Waals surface area (Å²) < 4.78 is 10.5. The SMILES string of the molecule is COCCCOCCN(CCC#N)C1CC1. The second-order valence-corrected chi connectivity index (χ2v) is 4.13. The van der Waals surface area contributed by atoms with Crippen molar-refractivity contribution in [2.45, 2.75) is 31.7 Å². The average molecular weight is 226 g/mol. The minimum atomic E-state index is 0.625. The molecule has 0 radical (unpaired) electrons. The zero-order valence-electron chi connectivity index (χ0n) is 10.2. The van der Waals surface area contributed by atoms with Gasteiger partial charge in [-0.2, -0.15) is 5.26 Å². The third-order valence-corrected chi connectivity index (χ3v) is 2.73. The maximum atomic E-state index is 8.56. The van der Waals surface area contributed by atoms with Crippen molar-refractivity contribution >= 4 is 0 Å². The van der Waals surface area contributed by atoms with Gasteiger partial charge in [-0.15, -0.1) is 0 Å². The first-order valence-electron chi connectivity index (χ1n) is 6.06. The lowest BCUT2D eigenvalue weighted by atomic mass is 10.4. The number of methoxy groups -OCH3 is 1. The zero-order chi connectivity index (χ0) is 11.6. The van der Waals surface area contributed by atoms with Crippen LogP contribution < -0.4 is 0 Å². The van der Waals surface area contributed by atoms with Crippen LogP contribution >= 0.6 is 0 Å². The van der Waals surface area contributed by atoms with Crippen LogP contribution in [0.25, 0.3) is 0 Å². The van der Waals surface area contributed by atoms with Gasteiger partial charge in [0.15, 0.2) is 0 Å². The van der Waals surface area contributed by atoms with E-state index >= 15 is 0 Å². The van der Waals surface area contributed by atoms with Crippen LogP contribution in [0.15, 0.2) is 0 Å². The summed E-state index contributed by atoms with van der Waals surface area (Å²) in [5, 5.41) is 8.56. The summed E-state index contributed by atoms with van der Waals surface area (Å²) in [7, 11) is 1.71. The highest BCUT2D eigenvalue weighted by molar-refractivity contribution is 4.86. The lowest BCUT2D eigenvalue weighted by molar-refractivity contribution is 0.0823. The molecule has 0 spiro atoms. The fourth-order valence-electron chi connectivity index (χ4n) is 1.70. The maximum absolute atomic E-state index is 8.56. The molecular weight excluding hydrogens is 204 g/mol. The lowest BCUT2D eigenvalue weighted by Crippen LogP contribution is -2.30. The summed E-state index contributed by atoms with van der Waals surface area (Å²) in [6.07, 6.45) is 4.16. The van der Waals surface area contributed by atoms with Gasteiger partial charge in [-0.25, -0.2) is 0 Å². The number of nitrogens with zero attached hydrogens (tertiary/aromatic N) is 2. The van der Waals surface area contributed by atoms with E-state index < -0.39 is 0 Å². The normalized spacial score (nSPS) is 15.3. The van der Waals surface area contributed by atoms with Crippen molar-refractivity contribution in [2.24, 2.45) is 0 Å². The summed E-state index contributed by atoms with van der Waals surface area (Å²) in [6.45, 7) is 4.15. The van der Waals surface area contributed by atoms with Crippen LogP contribution in [0.1, 0.15) is 25.7 Å². The Morgan fingerprint density at radius 2 is 2.06 bits per heavy atom. The summed E-state index contributed by atoms with van der Waals surface area (Å²) in [6, 6.07) is 2.92. The van der Waals surface area contributed by atoms with Gasteiger partial charge in [0, 0.05) is 45.9 Å². The van der Waals surface area contributed by atoms with E-state index in [0.717, 1.165) is 45.4 Å². The highest BCUT2D eigenvalue weighted by Crippen LogP contribution is 2.26. The molecule has 0 heterocycles. The van der Waals surface area contributed by atoms with Crippen molar-refractivity contribution in [3.63, 3.8) is 0 Å². The van der Waals surface area contributed by atoms with Gasteiger partial charge >= 0.3 is 0 Å². The number of ether oxygens (including phenoxy) is 2.